The minimum absolute atomic E-state index is 0.140. The Kier molecular flexibility index (Phi) is 6.81. The highest BCUT2D eigenvalue weighted by molar-refractivity contribution is 7.89. The fraction of sp³-hybridized carbons (Fsp3) is 0.208. The highest BCUT2D eigenvalue weighted by Gasteiger charge is 2.27. The minimum atomic E-state index is -3.65. The van der Waals surface area contributed by atoms with E-state index < -0.39 is 10.0 Å². The number of aromatic nitrogens is 2. The van der Waals surface area contributed by atoms with Crippen LogP contribution in [0.5, 0.6) is 0 Å². The molecule has 0 bridgehead atoms. The fourth-order valence-electron chi connectivity index (χ4n) is 3.78. The summed E-state index contributed by atoms with van der Waals surface area (Å²) in [5, 5.41) is 1.00. The molecule has 11 heteroatoms. The van der Waals surface area contributed by atoms with Crippen molar-refractivity contribution in [1.29, 1.82) is 0 Å². The van der Waals surface area contributed by atoms with Crippen molar-refractivity contribution in [2.75, 3.05) is 31.2 Å². The third-order valence-corrected chi connectivity index (χ3v) is 8.87. The lowest BCUT2D eigenvalue weighted by molar-refractivity contribution is 0.0730. The largest absolute Gasteiger partial charge is 0.379 e. The Morgan fingerprint density at radius 1 is 1.09 bits per heavy atom. The first-order valence-corrected chi connectivity index (χ1v) is 13.5. The normalized spacial score (nSPS) is 14.8. The maximum Gasteiger partial charge on any atom is 0.260 e. The van der Waals surface area contributed by atoms with Crippen LogP contribution in [0.25, 0.3) is 10.2 Å². The van der Waals surface area contributed by atoms with Crippen molar-refractivity contribution in [3.8, 4) is 0 Å². The number of pyridine rings is 1. The van der Waals surface area contributed by atoms with Crippen molar-refractivity contribution in [2.45, 2.75) is 11.4 Å². The summed E-state index contributed by atoms with van der Waals surface area (Å²) in [6, 6.07) is 15.2. The Morgan fingerprint density at radius 3 is 2.54 bits per heavy atom. The molecule has 0 radical (unpaired) electrons. The van der Waals surface area contributed by atoms with E-state index in [9.17, 15) is 13.2 Å². The number of hydrogen-bond acceptors (Lipinski definition) is 7. The number of rotatable bonds is 6. The second-order valence-electron chi connectivity index (χ2n) is 7.88. The second-order valence-corrected chi connectivity index (χ2v) is 11.2. The third kappa shape index (κ3) is 4.93. The summed E-state index contributed by atoms with van der Waals surface area (Å²) in [5.74, 6) is -0.306. The van der Waals surface area contributed by atoms with Crippen LogP contribution in [0.1, 0.15) is 15.9 Å². The van der Waals surface area contributed by atoms with Gasteiger partial charge in [-0.2, -0.15) is 4.31 Å². The number of sulfonamides is 1. The standard InChI is InChI=1S/C24H21ClN4O4S2/c25-20-4-1-5-21-22(20)27-24(34-21)29(16-17-3-2-10-26-15-17)23(30)18-6-8-19(9-7-18)35(31,32)28-11-13-33-14-12-28/h1-10,15H,11-14,16H2. The summed E-state index contributed by atoms with van der Waals surface area (Å²) in [6.07, 6.45) is 3.36. The van der Waals surface area contributed by atoms with E-state index in [0.29, 0.717) is 47.5 Å². The molecule has 3 heterocycles. The summed E-state index contributed by atoms with van der Waals surface area (Å²) < 4.78 is 33.4. The summed E-state index contributed by atoms with van der Waals surface area (Å²) >= 11 is 7.68. The van der Waals surface area contributed by atoms with E-state index in [2.05, 4.69) is 9.97 Å². The Hall–Kier alpha value is -2.89. The van der Waals surface area contributed by atoms with E-state index in [4.69, 9.17) is 16.3 Å². The van der Waals surface area contributed by atoms with Gasteiger partial charge >= 0.3 is 0 Å². The molecule has 1 amide bonds. The van der Waals surface area contributed by atoms with Crippen molar-refractivity contribution in [3.05, 3.63) is 83.1 Å². The van der Waals surface area contributed by atoms with E-state index in [1.807, 2.05) is 18.2 Å². The second kappa shape index (κ2) is 10.00. The first-order chi connectivity index (χ1) is 16.9. The highest BCUT2D eigenvalue weighted by atomic mass is 35.5. The number of morpholine rings is 1. The molecule has 1 aliphatic heterocycles. The van der Waals surface area contributed by atoms with Gasteiger partial charge in [0.2, 0.25) is 10.0 Å². The number of anilines is 1. The molecule has 0 saturated carbocycles. The Bertz CT molecular complexity index is 1450. The highest BCUT2D eigenvalue weighted by Crippen LogP contribution is 2.34. The number of para-hydroxylation sites is 1. The van der Waals surface area contributed by atoms with Crippen LogP contribution in [0.3, 0.4) is 0 Å². The lowest BCUT2D eigenvalue weighted by Crippen LogP contribution is -2.40. The van der Waals surface area contributed by atoms with Gasteiger partial charge in [0.15, 0.2) is 5.13 Å². The van der Waals surface area contributed by atoms with Crippen molar-refractivity contribution in [1.82, 2.24) is 14.3 Å². The molecule has 35 heavy (non-hydrogen) atoms. The lowest BCUT2D eigenvalue weighted by Gasteiger charge is -2.26. The average molecular weight is 529 g/mol. The molecular weight excluding hydrogens is 508 g/mol. The molecule has 1 aliphatic rings. The van der Waals surface area contributed by atoms with Gasteiger partial charge < -0.3 is 4.74 Å². The number of ether oxygens (including phenoxy) is 1. The zero-order valence-electron chi connectivity index (χ0n) is 18.5. The molecule has 1 fully saturated rings. The van der Waals surface area contributed by atoms with Gasteiger partial charge in [0.05, 0.1) is 34.4 Å². The van der Waals surface area contributed by atoms with Crippen LogP contribution < -0.4 is 4.90 Å². The zero-order valence-corrected chi connectivity index (χ0v) is 20.9. The quantitative estimate of drug-likeness (QED) is 0.372. The fourth-order valence-corrected chi connectivity index (χ4v) is 6.45. The molecule has 0 atom stereocenters. The van der Waals surface area contributed by atoms with E-state index in [1.54, 1.807) is 29.4 Å². The molecule has 2 aromatic carbocycles. The number of carbonyl (C=O) groups is 1. The number of hydrogen-bond donors (Lipinski definition) is 0. The molecule has 0 aliphatic carbocycles. The van der Waals surface area contributed by atoms with Gasteiger partial charge in [-0.1, -0.05) is 35.1 Å². The van der Waals surface area contributed by atoms with Crippen molar-refractivity contribution in [3.63, 3.8) is 0 Å². The van der Waals surface area contributed by atoms with Crippen LogP contribution in [0.2, 0.25) is 5.02 Å². The molecule has 0 unspecified atom stereocenters. The first-order valence-electron chi connectivity index (χ1n) is 10.9. The Labute approximate surface area is 211 Å². The monoisotopic (exact) mass is 528 g/mol. The van der Waals surface area contributed by atoms with E-state index in [0.717, 1.165) is 10.3 Å². The smallest absolute Gasteiger partial charge is 0.260 e. The molecule has 0 spiro atoms. The number of fused-ring (bicyclic) bond motifs is 1. The lowest BCUT2D eigenvalue weighted by atomic mass is 10.2. The van der Waals surface area contributed by atoms with Crippen LogP contribution in [-0.2, 0) is 21.3 Å². The van der Waals surface area contributed by atoms with Crippen molar-refractivity contribution >= 4 is 54.2 Å². The molecule has 180 valence electrons. The zero-order chi connectivity index (χ0) is 24.4. The molecular formula is C24H21ClN4O4S2. The molecule has 4 aromatic rings. The van der Waals surface area contributed by atoms with Crippen LogP contribution in [-0.4, -0.2) is 54.9 Å². The van der Waals surface area contributed by atoms with E-state index >= 15 is 0 Å². The number of halogens is 1. The van der Waals surface area contributed by atoms with E-state index in [1.165, 1.54) is 39.9 Å². The van der Waals surface area contributed by atoms with Crippen LogP contribution >= 0.6 is 22.9 Å². The summed E-state index contributed by atoms with van der Waals surface area (Å²) in [5.41, 5.74) is 1.81. The van der Waals surface area contributed by atoms with Gasteiger partial charge in [-0.25, -0.2) is 13.4 Å². The van der Waals surface area contributed by atoms with Gasteiger partial charge in [-0.15, -0.1) is 0 Å². The average Bonchev–Trinajstić information content (AvgIpc) is 3.34. The topological polar surface area (TPSA) is 92.7 Å². The number of nitrogens with zero attached hydrogens (tertiary/aromatic N) is 4. The summed E-state index contributed by atoms with van der Waals surface area (Å²) in [6.45, 7) is 1.60. The van der Waals surface area contributed by atoms with Gasteiger partial charge in [-0.3, -0.25) is 14.7 Å². The third-order valence-electron chi connectivity index (χ3n) is 5.61. The van der Waals surface area contributed by atoms with Crippen LogP contribution in [0.15, 0.2) is 71.9 Å². The first kappa shape index (κ1) is 23.8. The van der Waals surface area contributed by atoms with Gasteiger partial charge in [-0.05, 0) is 48.0 Å². The van der Waals surface area contributed by atoms with Crippen molar-refractivity contribution < 1.29 is 17.9 Å². The molecule has 0 N–H and O–H groups in total. The van der Waals surface area contributed by atoms with Crippen molar-refractivity contribution in [2.24, 2.45) is 0 Å². The molecule has 1 saturated heterocycles. The number of carbonyl (C=O) groups excluding carboxylic acids is 1. The number of amides is 1. The molecule has 2 aromatic heterocycles. The van der Waals surface area contributed by atoms with Crippen LogP contribution in [0.4, 0.5) is 5.13 Å². The number of thiazole rings is 1. The Morgan fingerprint density at radius 2 is 1.86 bits per heavy atom. The predicted octanol–water partition coefficient (Wildman–Crippen LogP) is 4.21. The SMILES string of the molecule is O=C(c1ccc(S(=O)(=O)N2CCOCC2)cc1)N(Cc1cccnc1)c1nc2c(Cl)cccc2s1. The summed E-state index contributed by atoms with van der Waals surface area (Å²) in [7, 11) is -3.65. The minimum Gasteiger partial charge on any atom is -0.379 e. The molecule has 5 rings (SSSR count). The maximum absolute atomic E-state index is 13.6. The maximum atomic E-state index is 13.6. The predicted molar refractivity (Wildman–Crippen MR) is 135 cm³/mol. The van der Waals surface area contributed by atoms with Gasteiger partial charge in [0.1, 0.15) is 5.52 Å². The van der Waals surface area contributed by atoms with Crippen LogP contribution in [0, 0.1) is 0 Å². The summed E-state index contributed by atoms with van der Waals surface area (Å²) in [4.78, 5) is 24.1. The van der Waals surface area contributed by atoms with E-state index in [-0.39, 0.29) is 17.3 Å². The van der Waals surface area contributed by atoms with Gasteiger partial charge in [0.25, 0.3) is 5.91 Å². The molecule has 8 nitrogen and oxygen atoms in total. The van der Waals surface area contributed by atoms with Gasteiger partial charge in [0, 0.05) is 31.0 Å². The Balaban J connectivity index is 1.47. The number of benzene rings is 2.